The first kappa shape index (κ1) is 13.9. The summed E-state index contributed by atoms with van der Waals surface area (Å²) in [5.74, 6) is -1.43. The van der Waals surface area contributed by atoms with Crippen LogP contribution in [0.1, 0.15) is 25.7 Å². The Balaban J connectivity index is 2.04. The molecule has 0 aromatic heterocycles. The topological polar surface area (TPSA) is 95.7 Å². The Kier molecular flexibility index (Phi) is 5.93. The van der Waals surface area contributed by atoms with Crippen molar-refractivity contribution >= 4 is 11.9 Å². The van der Waals surface area contributed by atoms with Crippen LogP contribution in [0.3, 0.4) is 0 Å². The highest BCUT2D eigenvalue weighted by molar-refractivity contribution is 5.85. The average Bonchev–Trinajstić information content (AvgIpc) is 2.75. The number of carbonyl (C=O) groups excluding carboxylic acids is 1. The van der Waals surface area contributed by atoms with Gasteiger partial charge in [-0.05, 0) is 38.9 Å². The number of rotatable bonds is 7. The van der Waals surface area contributed by atoms with Crippen molar-refractivity contribution in [2.24, 2.45) is 5.73 Å². The van der Waals surface area contributed by atoms with Gasteiger partial charge in [0.1, 0.15) is 0 Å². The van der Waals surface area contributed by atoms with Gasteiger partial charge in [-0.3, -0.25) is 9.59 Å². The Bertz CT molecular complexity index is 265. The zero-order valence-electron chi connectivity index (χ0n) is 10.0. The Morgan fingerprint density at radius 3 is 2.59 bits per heavy atom. The maximum atomic E-state index is 11.4. The lowest BCUT2D eigenvalue weighted by molar-refractivity contribution is -0.139. The molecule has 1 aliphatic rings. The lowest BCUT2D eigenvalue weighted by Gasteiger charge is -2.15. The van der Waals surface area contributed by atoms with E-state index in [1.54, 1.807) is 0 Å². The molecule has 1 unspecified atom stereocenters. The predicted molar refractivity (Wildman–Crippen MR) is 63.5 cm³/mol. The van der Waals surface area contributed by atoms with E-state index >= 15 is 0 Å². The maximum absolute atomic E-state index is 11.4. The van der Waals surface area contributed by atoms with E-state index in [0.717, 1.165) is 26.1 Å². The molecule has 17 heavy (non-hydrogen) atoms. The molecule has 6 nitrogen and oxygen atoms in total. The van der Waals surface area contributed by atoms with E-state index in [-0.39, 0.29) is 12.3 Å². The summed E-state index contributed by atoms with van der Waals surface area (Å²) >= 11 is 0. The van der Waals surface area contributed by atoms with Crippen molar-refractivity contribution in [2.75, 3.05) is 26.2 Å². The molecular weight excluding hydrogens is 222 g/mol. The third-order valence-electron chi connectivity index (χ3n) is 2.88. The molecule has 1 atom stereocenters. The van der Waals surface area contributed by atoms with Gasteiger partial charge < -0.3 is 21.1 Å². The number of amides is 1. The Morgan fingerprint density at radius 2 is 2.00 bits per heavy atom. The van der Waals surface area contributed by atoms with Gasteiger partial charge in [0, 0.05) is 6.54 Å². The lowest BCUT2D eigenvalue weighted by atomic mass is 10.2. The summed E-state index contributed by atoms with van der Waals surface area (Å²) in [5.41, 5.74) is 5.42. The number of hydrogen-bond acceptors (Lipinski definition) is 4. The number of hydrogen-bond donors (Lipinski definition) is 3. The number of aliphatic carboxylic acids is 1. The standard InChI is InChI=1S/C11H21N3O3/c12-9(8-10(15)16)11(17)13-4-3-7-14-5-1-2-6-14/h9H,1-8,12H2,(H,13,17)(H,15,16). The molecule has 1 fully saturated rings. The highest BCUT2D eigenvalue weighted by atomic mass is 16.4. The number of nitrogens with zero attached hydrogens (tertiary/aromatic N) is 1. The van der Waals surface area contributed by atoms with Crippen LogP contribution < -0.4 is 11.1 Å². The molecule has 1 saturated heterocycles. The van der Waals surface area contributed by atoms with Gasteiger partial charge in [-0.1, -0.05) is 0 Å². The summed E-state index contributed by atoms with van der Waals surface area (Å²) in [7, 11) is 0. The fourth-order valence-corrected chi connectivity index (χ4v) is 1.93. The van der Waals surface area contributed by atoms with E-state index in [1.807, 2.05) is 0 Å². The van der Waals surface area contributed by atoms with Gasteiger partial charge >= 0.3 is 5.97 Å². The second-order valence-electron chi connectivity index (χ2n) is 4.40. The Labute approximate surface area is 101 Å². The van der Waals surface area contributed by atoms with Crippen LogP contribution in [0.25, 0.3) is 0 Å². The minimum Gasteiger partial charge on any atom is -0.481 e. The Hall–Kier alpha value is -1.14. The molecule has 0 aliphatic carbocycles. The number of likely N-dealkylation sites (tertiary alicyclic amines) is 1. The van der Waals surface area contributed by atoms with Crippen LogP contribution in [0.2, 0.25) is 0 Å². The van der Waals surface area contributed by atoms with E-state index < -0.39 is 12.0 Å². The lowest BCUT2D eigenvalue weighted by Crippen LogP contribution is -2.42. The van der Waals surface area contributed by atoms with Gasteiger partial charge in [0.05, 0.1) is 12.5 Å². The molecule has 0 bridgehead atoms. The summed E-state index contributed by atoms with van der Waals surface area (Å²) in [4.78, 5) is 24.1. The highest BCUT2D eigenvalue weighted by Gasteiger charge is 2.16. The van der Waals surface area contributed by atoms with Crippen LogP contribution in [0.5, 0.6) is 0 Å². The molecule has 4 N–H and O–H groups in total. The molecule has 1 aliphatic heterocycles. The van der Waals surface area contributed by atoms with Crippen LogP contribution in [0.15, 0.2) is 0 Å². The molecule has 98 valence electrons. The van der Waals surface area contributed by atoms with E-state index in [1.165, 1.54) is 12.8 Å². The first-order chi connectivity index (χ1) is 8.09. The van der Waals surface area contributed by atoms with Gasteiger partial charge in [0.25, 0.3) is 0 Å². The maximum Gasteiger partial charge on any atom is 0.305 e. The molecule has 1 amide bonds. The van der Waals surface area contributed by atoms with Gasteiger partial charge in [-0.15, -0.1) is 0 Å². The monoisotopic (exact) mass is 243 g/mol. The fourth-order valence-electron chi connectivity index (χ4n) is 1.93. The second-order valence-corrected chi connectivity index (χ2v) is 4.40. The molecule has 6 heteroatoms. The summed E-state index contributed by atoms with van der Waals surface area (Å²) in [6, 6.07) is -0.945. The normalized spacial score (nSPS) is 17.9. The van der Waals surface area contributed by atoms with E-state index in [9.17, 15) is 9.59 Å². The number of carboxylic acid groups (broad SMARTS) is 1. The van der Waals surface area contributed by atoms with Crippen molar-refractivity contribution in [3.8, 4) is 0 Å². The van der Waals surface area contributed by atoms with Crippen LogP contribution in [0, 0.1) is 0 Å². The second kappa shape index (κ2) is 7.24. The summed E-state index contributed by atoms with van der Waals surface area (Å²) in [6.07, 6.45) is 3.08. The molecule has 0 spiro atoms. The molecule has 1 rings (SSSR count). The van der Waals surface area contributed by atoms with Crippen LogP contribution in [0.4, 0.5) is 0 Å². The van der Waals surface area contributed by atoms with E-state index in [2.05, 4.69) is 10.2 Å². The highest BCUT2D eigenvalue weighted by Crippen LogP contribution is 2.06. The van der Waals surface area contributed by atoms with Crippen molar-refractivity contribution < 1.29 is 14.7 Å². The SMILES string of the molecule is NC(CC(=O)O)C(=O)NCCCN1CCCC1. The van der Waals surface area contributed by atoms with Crippen LogP contribution >= 0.6 is 0 Å². The van der Waals surface area contributed by atoms with Gasteiger partial charge in [-0.2, -0.15) is 0 Å². The van der Waals surface area contributed by atoms with Gasteiger partial charge in [0.2, 0.25) is 5.91 Å². The first-order valence-electron chi connectivity index (χ1n) is 6.07. The summed E-state index contributed by atoms with van der Waals surface area (Å²) in [5, 5.41) is 11.1. The van der Waals surface area contributed by atoms with Gasteiger partial charge in [-0.25, -0.2) is 0 Å². The third kappa shape index (κ3) is 5.65. The number of nitrogens with one attached hydrogen (secondary N) is 1. The van der Waals surface area contributed by atoms with E-state index in [4.69, 9.17) is 10.8 Å². The van der Waals surface area contributed by atoms with Crippen molar-refractivity contribution in [1.29, 1.82) is 0 Å². The van der Waals surface area contributed by atoms with Crippen molar-refractivity contribution in [3.05, 3.63) is 0 Å². The predicted octanol–water partition coefficient (Wildman–Crippen LogP) is -0.609. The molecule has 0 saturated carbocycles. The zero-order chi connectivity index (χ0) is 12.7. The summed E-state index contributed by atoms with van der Waals surface area (Å²) < 4.78 is 0. The Morgan fingerprint density at radius 1 is 1.35 bits per heavy atom. The average molecular weight is 243 g/mol. The van der Waals surface area contributed by atoms with Crippen molar-refractivity contribution in [2.45, 2.75) is 31.7 Å². The fraction of sp³-hybridized carbons (Fsp3) is 0.818. The largest absolute Gasteiger partial charge is 0.481 e. The molecule has 0 aromatic rings. The third-order valence-corrected chi connectivity index (χ3v) is 2.88. The minimum absolute atomic E-state index is 0.321. The number of carboxylic acids is 1. The smallest absolute Gasteiger partial charge is 0.305 e. The molecule has 1 heterocycles. The van der Waals surface area contributed by atoms with Crippen LogP contribution in [-0.4, -0.2) is 54.1 Å². The van der Waals surface area contributed by atoms with Crippen molar-refractivity contribution in [1.82, 2.24) is 10.2 Å². The number of nitrogens with two attached hydrogens (primary N) is 1. The zero-order valence-corrected chi connectivity index (χ0v) is 10.0. The van der Waals surface area contributed by atoms with Gasteiger partial charge in [0.15, 0.2) is 0 Å². The molecular formula is C11H21N3O3. The first-order valence-corrected chi connectivity index (χ1v) is 6.07. The molecule has 0 aromatic carbocycles. The number of carbonyl (C=O) groups is 2. The van der Waals surface area contributed by atoms with Crippen LogP contribution in [-0.2, 0) is 9.59 Å². The minimum atomic E-state index is -1.05. The molecule has 0 radical (unpaired) electrons. The quantitative estimate of drug-likeness (QED) is 0.518. The summed E-state index contributed by atoms with van der Waals surface area (Å²) in [6.45, 7) is 3.83. The van der Waals surface area contributed by atoms with Crippen molar-refractivity contribution in [3.63, 3.8) is 0 Å². The van der Waals surface area contributed by atoms with E-state index in [0.29, 0.717) is 6.54 Å².